The van der Waals surface area contributed by atoms with Gasteiger partial charge in [-0.1, -0.05) is 17.3 Å². The molecule has 1 aliphatic heterocycles. The van der Waals surface area contributed by atoms with Crippen LogP contribution in [-0.4, -0.2) is 40.5 Å². The minimum atomic E-state index is -0.0988. The number of amides is 1. The molecule has 2 aromatic rings. The number of hydrogen-bond donors (Lipinski definition) is 1. The maximum Gasteiger partial charge on any atom is 0.280 e. The van der Waals surface area contributed by atoms with Crippen molar-refractivity contribution in [3.63, 3.8) is 0 Å². The first-order valence-corrected chi connectivity index (χ1v) is 8.20. The molecule has 6 nitrogen and oxygen atoms in total. The predicted molar refractivity (Wildman–Crippen MR) is 89.7 cm³/mol. The first-order chi connectivity index (χ1) is 11.2. The molecule has 1 fully saturated rings. The van der Waals surface area contributed by atoms with Gasteiger partial charge in [-0.25, -0.2) is 4.68 Å². The highest BCUT2D eigenvalue weighted by Crippen LogP contribution is 2.20. The van der Waals surface area contributed by atoms with Crippen molar-refractivity contribution in [3.8, 4) is 0 Å². The highest BCUT2D eigenvalue weighted by Gasteiger charge is 2.22. The predicted octanol–water partition coefficient (Wildman–Crippen LogP) is 2.18. The van der Waals surface area contributed by atoms with Crippen LogP contribution in [0.25, 0.3) is 0 Å². The van der Waals surface area contributed by atoms with Crippen LogP contribution in [0, 0.1) is 6.92 Å². The van der Waals surface area contributed by atoms with Gasteiger partial charge in [-0.3, -0.25) is 4.79 Å². The fraction of sp³-hybridized carbons (Fsp3) is 0.471. The molecule has 1 aliphatic rings. The van der Waals surface area contributed by atoms with Crippen LogP contribution >= 0.6 is 0 Å². The van der Waals surface area contributed by atoms with E-state index in [9.17, 15) is 4.79 Å². The van der Waals surface area contributed by atoms with E-state index in [4.69, 9.17) is 0 Å². The molecular formula is C17H23N5O. The number of benzene rings is 1. The van der Waals surface area contributed by atoms with Gasteiger partial charge in [0.25, 0.3) is 5.91 Å². The van der Waals surface area contributed by atoms with Crippen LogP contribution in [0.3, 0.4) is 0 Å². The zero-order valence-corrected chi connectivity index (χ0v) is 13.7. The Hall–Kier alpha value is -2.21. The van der Waals surface area contributed by atoms with E-state index < -0.39 is 0 Å². The molecule has 0 saturated carbocycles. The van der Waals surface area contributed by atoms with Crippen LogP contribution in [-0.2, 0) is 0 Å². The average Bonchev–Trinajstić information content (AvgIpc) is 3.06. The van der Waals surface area contributed by atoms with Crippen LogP contribution in [0.15, 0.2) is 30.5 Å². The number of rotatable bonds is 4. The third kappa shape index (κ3) is 3.42. The van der Waals surface area contributed by atoms with Crippen LogP contribution in [0.4, 0.5) is 5.69 Å². The lowest BCUT2D eigenvalue weighted by Gasteiger charge is -2.22. The van der Waals surface area contributed by atoms with Gasteiger partial charge in [-0.05, 0) is 57.5 Å². The Labute approximate surface area is 136 Å². The number of carbonyl (C=O) groups is 1. The first-order valence-electron chi connectivity index (χ1n) is 8.20. The quantitative estimate of drug-likeness (QED) is 0.940. The molecule has 0 aliphatic carbocycles. The molecule has 1 N–H and O–H groups in total. The third-order valence-electron chi connectivity index (χ3n) is 4.29. The lowest BCUT2D eigenvalue weighted by molar-refractivity contribution is 0.0983. The van der Waals surface area contributed by atoms with Crippen LogP contribution in [0.5, 0.6) is 0 Å². The van der Waals surface area contributed by atoms with Crippen molar-refractivity contribution in [2.75, 3.05) is 24.5 Å². The molecule has 1 amide bonds. The van der Waals surface area contributed by atoms with Crippen molar-refractivity contribution < 1.29 is 4.79 Å². The molecule has 0 spiro atoms. The molecule has 0 atom stereocenters. The van der Waals surface area contributed by atoms with Gasteiger partial charge in [-0.2, -0.15) is 0 Å². The van der Waals surface area contributed by atoms with E-state index in [1.807, 2.05) is 42.8 Å². The minimum Gasteiger partial charge on any atom is -0.317 e. The summed E-state index contributed by atoms with van der Waals surface area (Å²) in [5.74, 6) is -0.0988. The molecule has 23 heavy (non-hydrogen) atoms. The Morgan fingerprint density at radius 3 is 2.87 bits per heavy atom. The second-order valence-corrected chi connectivity index (χ2v) is 5.95. The highest BCUT2D eigenvalue weighted by molar-refractivity contribution is 6.04. The number of anilines is 1. The van der Waals surface area contributed by atoms with Gasteiger partial charge >= 0.3 is 0 Å². The van der Waals surface area contributed by atoms with E-state index in [2.05, 4.69) is 15.6 Å². The summed E-state index contributed by atoms with van der Waals surface area (Å²) in [6.45, 7) is 6.56. The van der Waals surface area contributed by atoms with Crippen LogP contribution < -0.4 is 10.2 Å². The Balaban J connectivity index is 1.80. The summed E-state index contributed by atoms with van der Waals surface area (Å²) in [5, 5.41) is 11.6. The van der Waals surface area contributed by atoms with Crippen molar-refractivity contribution in [1.82, 2.24) is 20.3 Å². The average molecular weight is 313 g/mol. The molecule has 1 aromatic heterocycles. The van der Waals surface area contributed by atoms with Crippen molar-refractivity contribution in [2.45, 2.75) is 32.7 Å². The zero-order valence-electron chi connectivity index (χ0n) is 13.7. The normalized spacial score (nSPS) is 15.6. The molecule has 0 radical (unpaired) electrons. The number of hydrogen-bond acceptors (Lipinski definition) is 4. The largest absolute Gasteiger partial charge is 0.317 e. The molecule has 3 rings (SSSR count). The maximum absolute atomic E-state index is 12.8. The van der Waals surface area contributed by atoms with E-state index in [-0.39, 0.29) is 5.91 Å². The Morgan fingerprint density at radius 1 is 1.39 bits per heavy atom. The number of piperidine rings is 1. The van der Waals surface area contributed by atoms with Crippen molar-refractivity contribution >= 4 is 11.6 Å². The van der Waals surface area contributed by atoms with Gasteiger partial charge in [0.2, 0.25) is 0 Å². The fourth-order valence-electron chi connectivity index (χ4n) is 3.00. The summed E-state index contributed by atoms with van der Waals surface area (Å²) in [6, 6.07) is 8.28. The van der Waals surface area contributed by atoms with Gasteiger partial charge in [-0.15, -0.1) is 5.10 Å². The maximum atomic E-state index is 12.8. The van der Waals surface area contributed by atoms with E-state index in [1.165, 1.54) is 0 Å². The molecular weight excluding hydrogens is 290 g/mol. The van der Waals surface area contributed by atoms with Gasteiger partial charge in [0.15, 0.2) is 5.69 Å². The summed E-state index contributed by atoms with van der Waals surface area (Å²) in [7, 11) is 0. The zero-order chi connectivity index (χ0) is 16.2. The van der Waals surface area contributed by atoms with E-state index in [0.717, 1.165) is 37.2 Å². The Morgan fingerprint density at radius 2 is 2.17 bits per heavy atom. The smallest absolute Gasteiger partial charge is 0.280 e. The molecule has 6 heteroatoms. The standard InChI is InChI=1S/C17H23N5O/c1-3-21(15-6-4-5-13(2)11-15)17(23)16-12-22(20-19-16)14-7-9-18-10-8-14/h4-6,11-12,14,18H,3,7-10H2,1-2H3. The number of nitrogens with zero attached hydrogens (tertiary/aromatic N) is 4. The SMILES string of the molecule is CCN(C(=O)c1cn(C2CCNCC2)nn1)c1cccc(C)c1. The Bertz CT molecular complexity index is 675. The summed E-state index contributed by atoms with van der Waals surface area (Å²) in [4.78, 5) is 14.5. The van der Waals surface area contributed by atoms with Gasteiger partial charge in [0, 0.05) is 12.2 Å². The summed E-state index contributed by atoms with van der Waals surface area (Å²) in [5.41, 5.74) is 2.44. The van der Waals surface area contributed by atoms with Crippen molar-refractivity contribution in [2.24, 2.45) is 0 Å². The molecule has 0 bridgehead atoms. The number of nitrogens with one attached hydrogen (secondary N) is 1. The van der Waals surface area contributed by atoms with Crippen molar-refractivity contribution in [3.05, 3.63) is 41.7 Å². The first kappa shape index (κ1) is 15.7. The second kappa shape index (κ2) is 6.91. The summed E-state index contributed by atoms with van der Waals surface area (Å²) < 4.78 is 1.85. The highest BCUT2D eigenvalue weighted by atomic mass is 16.2. The third-order valence-corrected chi connectivity index (χ3v) is 4.29. The number of carbonyl (C=O) groups excluding carboxylic acids is 1. The molecule has 0 unspecified atom stereocenters. The van der Waals surface area contributed by atoms with Crippen LogP contribution in [0.2, 0.25) is 0 Å². The van der Waals surface area contributed by atoms with Crippen molar-refractivity contribution in [1.29, 1.82) is 0 Å². The summed E-state index contributed by atoms with van der Waals surface area (Å²) >= 11 is 0. The lowest BCUT2D eigenvalue weighted by Crippen LogP contribution is -2.31. The Kier molecular flexibility index (Phi) is 4.71. The van der Waals surface area contributed by atoms with E-state index >= 15 is 0 Å². The van der Waals surface area contributed by atoms with Crippen LogP contribution in [0.1, 0.15) is 41.9 Å². The van der Waals surface area contributed by atoms with Gasteiger partial charge in [0.1, 0.15) is 0 Å². The number of aromatic nitrogens is 3. The molecule has 122 valence electrons. The minimum absolute atomic E-state index is 0.0988. The van der Waals surface area contributed by atoms with E-state index in [0.29, 0.717) is 18.3 Å². The monoisotopic (exact) mass is 313 g/mol. The molecule has 2 heterocycles. The fourth-order valence-corrected chi connectivity index (χ4v) is 3.00. The van der Waals surface area contributed by atoms with Gasteiger partial charge < -0.3 is 10.2 Å². The molecule has 1 saturated heterocycles. The second-order valence-electron chi connectivity index (χ2n) is 5.95. The topological polar surface area (TPSA) is 63.1 Å². The lowest BCUT2D eigenvalue weighted by atomic mass is 10.1. The molecule has 1 aromatic carbocycles. The number of aryl methyl sites for hydroxylation is 1. The van der Waals surface area contributed by atoms with E-state index in [1.54, 1.807) is 11.1 Å². The summed E-state index contributed by atoms with van der Waals surface area (Å²) in [6.07, 6.45) is 3.83. The van der Waals surface area contributed by atoms with Gasteiger partial charge in [0.05, 0.1) is 12.2 Å².